The number of nitrogens with zero attached hydrogens (tertiary/aromatic N) is 6. The van der Waals surface area contributed by atoms with Crippen LogP contribution in [0.25, 0.3) is 16.6 Å². The molecule has 0 radical (unpaired) electrons. The molecule has 1 atom stereocenters. The molecule has 2 N–H and O–H groups in total. The number of halogens is 1. The predicted octanol–water partition coefficient (Wildman–Crippen LogP) is 7.45. The van der Waals surface area contributed by atoms with Crippen LogP contribution in [-0.4, -0.2) is 36.3 Å². The van der Waals surface area contributed by atoms with Crippen molar-refractivity contribution in [3.8, 4) is 5.69 Å². The van der Waals surface area contributed by atoms with Gasteiger partial charge in [-0.25, -0.2) is 29.0 Å². The maximum atomic E-state index is 15.4. The summed E-state index contributed by atoms with van der Waals surface area (Å²) in [6.07, 6.45) is 16.8. The normalized spacial score (nSPS) is 11.8. The molecule has 8 nitrogen and oxygen atoms in total. The van der Waals surface area contributed by atoms with E-state index < -0.39 is 0 Å². The molecule has 0 aliphatic carbocycles. The Morgan fingerprint density at radius 2 is 1.80 bits per heavy atom. The monoisotopic (exact) mass is 604 g/mol. The van der Waals surface area contributed by atoms with E-state index in [2.05, 4.69) is 67.9 Å². The largest absolute Gasteiger partial charge is 0.391 e. The third kappa shape index (κ3) is 7.98. The molecule has 3 heterocycles. The first kappa shape index (κ1) is 31.5. The van der Waals surface area contributed by atoms with Crippen LogP contribution in [0.1, 0.15) is 61.3 Å². The minimum Gasteiger partial charge on any atom is -0.391 e. The van der Waals surface area contributed by atoms with Crippen LogP contribution < -0.4 is 10.6 Å². The Morgan fingerprint density at radius 3 is 2.53 bits per heavy atom. The van der Waals surface area contributed by atoms with Crippen molar-refractivity contribution < 1.29 is 4.39 Å². The summed E-state index contributed by atoms with van der Waals surface area (Å²) in [5, 5.41) is 12.0. The van der Waals surface area contributed by atoms with E-state index in [1.807, 2.05) is 31.3 Å². The Hall–Kier alpha value is -4.92. The molecule has 0 saturated heterocycles. The predicted molar refractivity (Wildman–Crippen MR) is 179 cm³/mol. The summed E-state index contributed by atoms with van der Waals surface area (Å²) in [6.45, 7) is 12.8. The van der Waals surface area contributed by atoms with Crippen molar-refractivity contribution in [2.24, 2.45) is 5.92 Å². The lowest BCUT2D eigenvalue weighted by Crippen LogP contribution is -2.15. The molecule has 9 heteroatoms. The highest BCUT2D eigenvalue weighted by Gasteiger charge is 2.16. The zero-order valence-electron chi connectivity index (χ0n) is 26.1. The van der Waals surface area contributed by atoms with Crippen molar-refractivity contribution in [1.82, 2.24) is 35.0 Å². The highest BCUT2D eigenvalue weighted by Crippen LogP contribution is 2.30. The Morgan fingerprint density at radius 1 is 0.956 bits per heavy atom. The fraction of sp³-hybridized carbons (Fsp3) is 0.306. The van der Waals surface area contributed by atoms with Gasteiger partial charge in [-0.3, -0.25) is 0 Å². The summed E-state index contributed by atoms with van der Waals surface area (Å²) in [5.41, 5.74) is 6.17. The van der Waals surface area contributed by atoms with E-state index in [0.29, 0.717) is 23.8 Å². The summed E-state index contributed by atoms with van der Waals surface area (Å²) in [7, 11) is 0. The number of rotatable bonds is 16. The number of fused-ring (bicyclic) bond motifs is 1. The van der Waals surface area contributed by atoms with Gasteiger partial charge in [0.25, 0.3) is 0 Å². The highest BCUT2D eigenvalue weighted by atomic mass is 19.1. The molecule has 2 aromatic carbocycles. The molecule has 0 aliphatic heterocycles. The molecule has 1 unspecified atom stereocenters. The lowest BCUT2D eigenvalue weighted by atomic mass is 9.88. The molecule has 0 spiro atoms. The lowest BCUT2D eigenvalue weighted by molar-refractivity contribution is 0.446. The zero-order chi connectivity index (χ0) is 31.6. The number of hydrogen-bond acceptors (Lipinski definition) is 7. The van der Waals surface area contributed by atoms with E-state index >= 15 is 4.39 Å². The Kier molecular flexibility index (Phi) is 10.6. The van der Waals surface area contributed by atoms with Crippen molar-refractivity contribution >= 4 is 22.4 Å². The summed E-state index contributed by atoms with van der Waals surface area (Å²) < 4.78 is 17.2. The molecular formula is C36H41FN8. The molecule has 0 saturated carbocycles. The number of aromatic nitrogens is 6. The van der Waals surface area contributed by atoms with Gasteiger partial charge in [-0.2, -0.15) is 5.10 Å². The Balaban J connectivity index is 1.34. The SMILES string of the molecule is C=CCCC(CCNC=C)Cc1cc2c(Nc3ccc(Cc4ccn(-c5cnc(CC)nc5)n4)cc3F)ncnc2cc1CC. The van der Waals surface area contributed by atoms with Crippen LogP contribution in [0.5, 0.6) is 0 Å². The fourth-order valence-electron chi connectivity index (χ4n) is 5.57. The van der Waals surface area contributed by atoms with Crippen LogP contribution in [0, 0.1) is 11.7 Å². The van der Waals surface area contributed by atoms with Gasteiger partial charge in [0.15, 0.2) is 0 Å². The average Bonchev–Trinajstić information content (AvgIpc) is 3.53. The molecule has 5 aromatic rings. The van der Waals surface area contributed by atoms with Gasteiger partial charge >= 0.3 is 0 Å². The molecular weight excluding hydrogens is 563 g/mol. The van der Waals surface area contributed by atoms with Gasteiger partial charge in [-0.1, -0.05) is 32.6 Å². The van der Waals surface area contributed by atoms with Gasteiger partial charge < -0.3 is 10.6 Å². The van der Waals surface area contributed by atoms with E-state index in [0.717, 1.165) is 78.7 Å². The number of nitrogens with one attached hydrogen (secondary N) is 2. The standard InChI is InChI=1S/C36H41FN8/c1-5-9-10-25(13-15-38-8-4)17-28-20-31-34(21-27(28)6-2)41-24-42-36(31)43-33-12-11-26(19-32(33)37)18-29-14-16-45(44-29)30-22-39-35(7-3)40-23-30/h5,8,11-12,14,16,19-25,38H,1,4,6-7,9-10,13,15,17-18H2,2-3H3,(H,41,42,43). The third-order valence-corrected chi connectivity index (χ3v) is 8.06. The summed E-state index contributed by atoms with van der Waals surface area (Å²) in [6, 6.07) is 11.5. The average molecular weight is 605 g/mol. The highest BCUT2D eigenvalue weighted by molar-refractivity contribution is 5.91. The summed E-state index contributed by atoms with van der Waals surface area (Å²) >= 11 is 0. The molecule has 0 aliphatic rings. The maximum Gasteiger partial charge on any atom is 0.146 e. The molecule has 0 fully saturated rings. The topological polar surface area (TPSA) is 93.4 Å². The molecule has 5 rings (SSSR count). The van der Waals surface area contributed by atoms with Crippen LogP contribution >= 0.6 is 0 Å². The summed E-state index contributed by atoms with van der Waals surface area (Å²) in [4.78, 5) is 17.7. The van der Waals surface area contributed by atoms with Gasteiger partial charge in [-0.05, 0) is 91.2 Å². The number of hydrogen-bond donors (Lipinski definition) is 2. The zero-order valence-corrected chi connectivity index (χ0v) is 26.1. The molecule has 0 bridgehead atoms. The minimum absolute atomic E-state index is 0.355. The maximum absolute atomic E-state index is 15.4. The van der Waals surface area contributed by atoms with Crippen molar-refractivity contribution in [3.63, 3.8) is 0 Å². The molecule has 232 valence electrons. The minimum atomic E-state index is -0.355. The first-order valence-electron chi connectivity index (χ1n) is 15.6. The second kappa shape index (κ2) is 15.2. The van der Waals surface area contributed by atoms with Gasteiger partial charge in [0.2, 0.25) is 0 Å². The van der Waals surface area contributed by atoms with E-state index in [9.17, 15) is 0 Å². The molecule has 0 amide bonds. The van der Waals surface area contributed by atoms with Crippen LogP contribution in [0.4, 0.5) is 15.9 Å². The van der Waals surface area contributed by atoms with Crippen LogP contribution in [0.3, 0.4) is 0 Å². The van der Waals surface area contributed by atoms with Crippen LogP contribution in [0.2, 0.25) is 0 Å². The molecule has 45 heavy (non-hydrogen) atoms. The molecule has 3 aromatic heterocycles. The van der Waals surface area contributed by atoms with E-state index in [1.54, 1.807) is 35.4 Å². The number of aryl methyl sites for hydroxylation is 2. The first-order chi connectivity index (χ1) is 22.0. The second-order valence-electron chi connectivity index (χ2n) is 11.2. The fourth-order valence-corrected chi connectivity index (χ4v) is 5.57. The van der Waals surface area contributed by atoms with E-state index in [1.165, 1.54) is 17.5 Å². The van der Waals surface area contributed by atoms with Gasteiger partial charge in [0, 0.05) is 31.0 Å². The summed E-state index contributed by atoms with van der Waals surface area (Å²) in [5.74, 6) is 1.51. The second-order valence-corrected chi connectivity index (χ2v) is 11.2. The van der Waals surface area contributed by atoms with Gasteiger partial charge in [0.05, 0.1) is 29.3 Å². The quantitative estimate of drug-likeness (QED) is 0.0892. The lowest BCUT2D eigenvalue weighted by Gasteiger charge is -2.19. The van der Waals surface area contributed by atoms with Crippen molar-refractivity contribution in [2.75, 3.05) is 11.9 Å². The van der Waals surface area contributed by atoms with E-state index in [4.69, 9.17) is 0 Å². The van der Waals surface area contributed by atoms with Gasteiger partial charge in [0.1, 0.15) is 29.5 Å². The first-order valence-corrected chi connectivity index (χ1v) is 15.6. The van der Waals surface area contributed by atoms with Crippen molar-refractivity contribution in [2.45, 2.75) is 58.8 Å². The Bertz CT molecular complexity index is 1740. The van der Waals surface area contributed by atoms with Crippen LogP contribution in [-0.2, 0) is 25.7 Å². The van der Waals surface area contributed by atoms with Crippen molar-refractivity contribution in [1.29, 1.82) is 0 Å². The smallest absolute Gasteiger partial charge is 0.146 e. The number of anilines is 2. The third-order valence-electron chi connectivity index (χ3n) is 8.06. The number of allylic oxidation sites excluding steroid dienone is 1. The van der Waals surface area contributed by atoms with E-state index in [-0.39, 0.29) is 5.82 Å². The van der Waals surface area contributed by atoms with Gasteiger partial charge in [-0.15, -0.1) is 6.58 Å². The van der Waals surface area contributed by atoms with Crippen molar-refractivity contribution in [3.05, 3.63) is 121 Å². The Labute approximate surface area is 264 Å². The van der Waals surface area contributed by atoms with Crippen LogP contribution in [0.15, 0.2) is 86.7 Å². The number of benzene rings is 2.